The molecule has 0 aliphatic rings. The van der Waals surface area contributed by atoms with Crippen LogP contribution in [0.5, 0.6) is 5.75 Å². The number of carbonyl (C=O) groups excluding carboxylic acids is 1. The summed E-state index contributed by atoms with van der Waals surface area (Å²) in [5.41, 5.74) is 4.78. The maximum atomic E-state index is 11.8. The van der Waals surface area contributed by atoms with E-state index in [4.69, 9.17) is 10.00 Å². The quantitative estimate of drug-likeness (QED) is 0.687. The summed E-state index contributed by atoms with van der Waals surface area (Å²) in [7, 11) is 1.27. The summed E-state index contributed by atoms with van der Waals surface area (Å²) >= 11 is 0. The van der Waals surface area contributed by atoms with E-state index in [1.54, 1.807) is 41.1 Å². The molecule has 2 aromatic carbocycles. The van der Waals surface area contributed by atoms with Crippen molar-refractivity contribution in [1.29, 1.82) is 10.5 Å². The Hall–Kier alpha value is -4.10. The molecule has 1 aromatic heterocycles. The van der Waals surface area contributed by atoms with Crippen molar-refractivity contribution in [3.05, 3.63) is 70.0 Å². The lowest BCUT2D eigenvalue weighted by molar-refractivity contribution is 0.0600. The lowest BCUT2D eigenvalue weighted by Crippen LogP contribution is -2.07. The number of hydrogen-bond acceptors (Lipinski definition) is 6. The lowest BCUT2D eigenvalue weighted by Gasteiger charge is -2.09. The van der Waals surface area contributed by atoms with E-state index < -0.39 is 5.97 Å². The first-order valence-corrected chi connectivity index (χ1v) is 8.78. The van der Waals surface area contributed by atoms with Crippen LogP contribution in [0.25, 0.3) is 11.1 Å². The minimum Gasteiger partial charge on any atom is -0.507 e. The largest absolute Gasteiger partial charge is 0.507 e. The van der Waals surface area contributed by atoms with E-state index in [9.17, 15) is 15.2 Å². The number of nitriles is 2. The SMILES string of the molecule is COC(=O)c1ccc(Cn2nc(C)c(-c3ccc(C#N)c(O)c3)c2C)cc1C#N. The van der Waals surface area contributed by atoms with E-state index in [0.29, 0.717) is 6.54 Å². The standard InChI is InChI=1S/C22H18N4O3/c1-13-21(16-5-6-17(10-23)20(27)9-16)14(2)26(25-13)12-15-4-7-19(22(28)29-3)18(8-15)11-24/h4-9,27H,12H2,1-3H3. The van der Waals surface area contributed by atoms with Crippen LogP contribution in [-0.4, -0.2) is 28.0 Å². The van der Waals surface area contributed by atoms with Crippen molar-refractivity contribution in [2.75, 3.05) is 7.11 Å². The van der Waals surface area contributed by atoms with Crippen molar-refractivity contribution in [3.8, 4) is 29.0 Å². The minimum atomic E-state index is -0.554. The lowest BCUT2D eigenvalue weighted by atomic mass is 10.0. The van der Waals surface area contributed by atoms with Crippen LogP contribution in [0.1, 0.15) is 38.4 Å². The zero-order valence-electron chi connectivity index (χ0n) is 16.2. The van der Waals surface area contributed by atoms with E-state index in [-0.39, 0.29) is 22.4 Å². The van der Waals surface area contributed by atoms with Gasteiger partial charge in [-0.05, 0) is 49.2 Å². The summed E-state index contributed by atoms with van der Waals surface area (Å²) in [5.74, 6) is -0.629. The van der Waals surface area contributed by atoms with Crippen LogP contribution >= 0.6 is 0 Å². The fourth-order valence-electron chi connectivity index (χ4n) is 3.29. The summed E-state index contributed by atoms with van der Waals surface area (Å²) in [6.07, 6.45) is 0. The van der Waals surface area contributed by atoms with Gasteiger partial charge in [0.2, 0.25) is 0 Å². The van der Waals surface area contributed by atoms with Gasteiger partial charge >= 0.3 is 5.97 Å². The summed E-state index contributed by atoms with van der Waals surface area (Å²) < 4.78 is 6.50. The number of ether oxygens (including phenoxy) is 1. The molecular weight excluding hydrogens is 368 g/mol. The number of aromatic hydroxyl groups is 1. The molecule has 0 spiro atoms. The van der Waals surface area contributed by atoms with Gasteiger partial charge < -0.3 is 9.84 Å². The fraction of sp³-hybridized carbons (Fsp3) is 0.182. The first-order valence-electron chi connectivity index (χ1n) is 8.78. The smallest absolute Gasteiger partial charge is 0.339 e. The van der Waals surface area contributed by atoms with Crippen LogP contribution in [-0.2, 0) is 11.3 Å². The van der Waals surface area contributed by atoms with Crippen molar-refractivity contribution in [2.45, 2.75) is 20.4 Å². The Bertz CT molecular complexity index is 1200. The number of benzene rings is 2. The van der Waals surface area contributed by atoms with E-state index in [1.807, 2.05) is 26.0 Å². The second-order valence-electron chi connectivity index (χ2n) is 6.53. The van der Waals surface area contributed by atoms with Crippen molar-refractivity contribution >= 4 is 5.97 Å². The zero-order valence-corrected chi connectivity index (χ0v) is 16.2. The number of aromatic nitrogens is 2. The molecule has 0 saturated carbocycles. The molecule has 1 N–H and O–H groups in total. The highest BCUT2D eigenvalue weighted by atomic mass is 16.5. The van der Waals surface area contributed by atoms with Crippen LogP contribution in [0.4, 0.5) is 0 Å². The van der Waals surface area contributed by atoms with Gasteiger partial charge in [0.25, 0.3) is 0 Å². The molecule has 0 saturated heterocycles. The molecule has 29 heavy (non-hydrogen) atoms. The number of aryl methyl sites for hydroxylation is 1. The van der Waals surface area contributed by atoms with Gasteiger partial charge in [-0.2, -0.15) is 15.6 Å². The third-order valence-electron chi connectivity index (χ3n) is 4.73. The number of methoxy groups -OCH3 is 1. The molecular formula is C22H18N4O3. The number of rotatable bonds is 4. The van der Waals surface area contributed by atoms with Crippen LogP contribution in [0.3, 0.4) is 0 Å². The number of phenols is 1. The first-order chi connectivity index (χ1) is 13.9. The summed E-state index contributed by atoms with van der Waals surface area (Å²) in [6.45, 7) is 4.19. The Balaban J connectivity index is 1.98. The van der Waals surface area contributed by atoms with E-state index >= 15 is 0 Å². The fourth-order valence-corrected chi connectivity index (χ4v) is 3.29. The predicted molar refractivity (Wildman–Crippen MR) is 105 cm³/mol. The van der Waals surface area contributed by atoms with Crippen LogP contribution in [0, 0.1) is 36.5 Å². The molecule has 0 fully saturated rings. The Morgan fingerprint density at radius 3 is 2.48 bits per heavy atom. The van der Waals surface area contributed by atoms with Crippen LogP contribution in [0.15, 0.2) is 36.4 Å². The molecule has 0 radical (unpaired) electrons. The van der Waals surface area contributed by atoms with Gasteiger partial charge in [0, 0.05) is 11.3 Å². The monoisotopic (exact) mass is 386 g/mol. The molecule has 0 atom stereocenters. The van der Waals surface area contributed by atoms with Gasteiger partial charge in [-0.1, -0.05) is 12.1 Å². The predicted octanol–water partition coefficient (Wildman–Crippen LogP) is 3.45. The van der Waals surface area contributed by atoms with Gasteiger partial charge in [0.15, 0.2) is 0 Å². The molecule has 3 rings (SSSR count). The van der Waals surface area contributed by atoms with Crippen LogP contribution < -0.4 is 0 Å². The molecule has 7 nitrogen and oxygen atoms in total. The van der Waals surface area contributed by atoms with Crippen molar-refractivity contribution in [2.24, 2.45) is 0 Å². The van der Waals surface area contributed by atoms with Gasteiger partial charge in [0.1, 0.15) is 17.9 Å². The molecule has 0 aliphatic heterocycles. The number of phenolic OH excluding ortho intramolecular Hbond substituents is 1. The van der Waals surface area contributed by atoms with E-state index in [2.05, 4.69) is 5.10 Å². The van der Waals surface area contributed by atoms with Gasteiger partial charge in [-0.3, -0.25) is 4.68 Å². The molecule has 1 heterocycles. The minimum absolute atomic E-state index is 0.0754. The first kappa shape index (κ1) is 19.7. The average molecular weight is 386 g/mol. The summed E-state index contributed by atoms with van der Waals surface area (Å²) in [6, 6.07) is 13.9. The van der Waals surface area contributed by atoms with Crippen molar-refractivity contribution in [3.63, 3.8) is 0 Å². The third kappa shape index (κ3) is 3.67. The van der Waals surface area contributed by atoms with Gasteiger partial charge in [0.05, 0.1) is 36.0 Å². The van der Waals surface area contributed by atoms with E-state index in [0.717, 1.165) is 28.1 Å². The Morgan fingerprint density at radius 1 is 1.14 bits per heavy atom. The topological polar surface area (TPSA) is 112 Å². The number of carbonyl (C=O) groups is 1. The second kappa shape index (κ2) is 7.87. The highest BCUT2D eigenvalue weighted by Crippen LogP contribution is 2.31. The normalized spacial score (nSPS) is 10.2. The molecule has 0 bridgehead atoms. The maximum absolute atomic E-state index is 11.8. The second-order valence-corrected chi connectivity index (χ2v) is 6.53. The molecule has 0 amide bonds. The zero-order chi connectivity index (χ0) is 21.1. The maximum Gasteiger partial charge on any atom is 0.339 e. The Labute approximate surface area is 168 Å². The number of esters is 1. The highest BCUT2D eigenvalue weighted by molar-refractivity contribution is 5.92. The number of nitrogens with zero attached hydrogens (tertiary/aromatic N) is 4. The van der Waals surface area contributed by atoms with Gasteiger partial charge in [-0.15, -0.1) is 0 Å². The Morgan fingerprint density at radius 2 is 1.86 bits per heavy atom. The Kier molecular flexibility index (Phi) is 5.34. The van der Waals surface area contributed by atoms with Crippen LogP contribution in [0.2, 0.25) is 0 Å². The third-order valence-corrected chi connectivity index (χ3v) is 4.73. The van der Waals surface area contributed by atoms with E-state index in [1.165, 1.54) is 7.11 Å². The highest BCUT2D eigenvalue weighted by Gasteiger charge is 2.17. The van der Waals surface area contributed by atoms with Crippen molar-refractivity contribution in [1.82, 2.24) is 9.78 Å². The molecule has 144 valence electrons. The number of hydrogen-bond donors (Lipinski definition) is 1. The average Bonchev–Trinajstić information content (AvgIpc) is 3.00. The van der Waals surface area contributed by atoms with Gasteiger partial charge in [-0.25, -0.2) is 4.79 Å². The molecule has 0 unspecified atom stereocenters. The molecule has 3 aromatic rings. The van der Waals surface area contributed by atoms with Crippen molar-refractivity contribution < 1.29 is 14.6 Å². The summed E-state index contributed by atoms with van der Waals surface area (Å²) in [4.78, 5) is 11.8. The summed E-state index contributed by atoms with van der Waals surface area (Å²) in [5, 5.41) is 32.9. The molecule has 0 aliphatic carbocycles. The molecule has 7 heteroatoms.